The average molecular weight is 733 g/mol. The van der Waals surface area contributed by atoms with Crippen LogP contribution in [0, 0.1) is 0 Å². The molecule has 0 amide bonds. The van der Waals surface area contributed by atoms with Gasteiger partial charge in [0.2, 0.25) is 0 Å². The van der Waals surface area contributed by atoms with Gasteiger partial charge in [-0.15, -0.1) is 0 Å². The van der Waals surface area contributed by atoms with E-state index in [-0.39, 0.29) is 17.5 Å². The Hall–Kier alpha value is -5.80. The van der Waals surface area contributed by atoms with Gasteiger partial charge in [-0.1, -0.05) is 148 Å². The van der Waals surface area contributed by atoms with E-state index in [1.807, 2.05) is 0 Å². The van der Waals surface area contributed by atoms with Crippen molar-refractivity contribution in [3.8, 4) is 22.3 Å². The van der Waals surface area contributed by atoms with E-state index in [1.165, 1.54) is 137 Å². The molecule has 2 nitrogen and oxygen atoms in total. The molecule has 0 atom stereocenters. The van der Waals surface area contributed by atoms with Crippen LogP contribution in [-0.2, 0) is 10.8 Å². The summed E-state index contributed by atoms with van der Waals surface area (Å²) in [5.74, 6) is 0. The van der Waals surface area contributed by atoms with Crippen LogP contribution in [0.1, 0.15) is 86.5 Å². The molecule has 274 valence electrons. The number of rotatable bonds is 2. The smallest absolute Gasteiger partial charge is 0.252 e. The first-order valence-corrected chi connectivity index (χ1v) is 21.7. The predicted molar refractivity (Wildman–Crippen MR) is 239 cm³/mol. The monoisotopic (exact) mass is 732 g/mol. The molecular weight excluding hydrogens is 687 g/mol. The Morgan fingerprint density at radius 2 is 0.930 bits per heavy atom. The number of nitrogens with zero attached hydrogens (tertiary/aromatic N) is 2. The van der Waals surface area contributed by atoms with Gasteiger partial charge in [0.15, 0.2) is 0 Å². The minimum atomic E-state index is 0.0778. The molecule has 7 aromatic carbocycles. The van der Waals surface area contributed by atoms with E-state index in [9.17, 15) is 0 Å². The summed E-state index contributed by atoms with van der Waals surface area (Å²) >= 11 is 0. The van der Waals surface area contributed by atoms with E-state index >= 15 is 0 Å². The van der Waals surface area contributed by atoms with Crippen molar-refractivity contribution in [2.24, 2.45) is 0 Å². The van der Waals surface area contributed by atoms with Gasteiger partial charge in [-0.2, -0.15) is 0 Å². The predicted octanol–water partition coefficient (Wildman–Crippen LogP) is 12.2. The van der Waals surface area contributed by atoms with Gasteiger partial charge < -0.3 is 9.80 Å². The van der Waals surface area contributed by atoms with E-state index in [1.54, 1.807) is 22.3 Å². The molecule has 4 aliphatic carbocycles. The first-order chi connectivity index (χ1) is 28.3. The molecule has 0 saturated heterocycles. The number of para-hydroxylation sites is 2. The zero-order valence-electron chi connectivity index (χ0n) is 32.5. The lowest BCUT2D eigenvalue weighted by Crippen LogP contribution is -2.61. The third-order valence-electron chi connectivity index (χ3n) is 15.2. The summed E-state index contributed by atoms with van der Waals surface area (Å²) in [6.45, 7) is 0.113. The van der Waals surface area contributed by atoms with Gasteiger partial charge in [-0.05, 0) is 123 Å². The number of anilines is 6. The van der Waals surface area contributed by atoms with E-state index in [0.717, 1.165) is 0 Å². The molecule has 7 aromatic rings. The van der Waals surface area contributed by atoms with Gasteiger partial charge in [0, 0.05) is 44.8 Å². The normalized spacial score (nSPS) is 18.4. The molecule has 0 bridgehead atoms. The summed E-state index contributed by atoms with van der Waals surface area (Å²) in [5, 5.41) is 0. The molecule has 0 radical (unpaired) electrons. The lowest BCUT2D eigenvalue weighted by molar-refractivity contribution is 0.353. The van der Waals surface area contributed by atoms with Crippen LogP contribution in [0.3, 0.4) is 0 Å². The third-order valence-corrected chi connectivity index (χ3v) is 15.2. The lowest BCUT2D eigenvalue weighted by Gasteiger charge is -2.45. The Balaban J connectivity index is 1.14. The van der Waals surface area contributed by atoms with Crippen molar-refractivity contribution in [2.75, 3.05) is 9.80 Å². The molecule has 0 aromatic heterocycles. The van der Waals surface area contributed by atoms with Crippen molar-refractivity contribution in [3.05, 3.63) is 174 Å². The lowest BCUT2D eigenvalue weighted by atomic mass is 9.33. The summed E-state index contributed by atoms with van der Waals surface area (Å²) in [5.41, 5.74) is 24.1. The Labute approximate surface area is 336 Å². The molecule has 57 heavy (non-hydrogen) atoms. The van der Waals surface area contributed by atoms with Gasteiger partial charge in [0.25, 0.3) is 6.71 Å². The largest absolute Gasteiger partial charge is 0.311 e. The quantitative estimate of drug-likeness (QED) is 0.163. The minimum absolute atomic E-state index is 0.0778. The molecule has 2 heterocycles. The second-order valence-corrected chi connectivity index (χ2v) is 17.7. The molecule has 3 heteroatoms. The van der Waals surface area contributed by atoms with Crippen molar-refractivity contribution >= 4 is 57.2 Å². The number of fused-ring (bicyclic) bond motifs is 14. The van der Waals surface area contributed by atoms with Crippen LogP contribution in [0.4, 0.5) is 34.1 Å². The highest BCUT2D eigenvalue weighted by atomic mass is 15.2. The zero-order chi connectivity index (χ0) is 37.3. The molecular formula is C54H45BN2. The SMILES string of the molecule is c1ccc(N2c3ccccc3B3c4cc5c(cc4N(c4cccc6c4-c4ccccc4C64CCCCC4)c4cccc2c43)-c2ccccc2C52CCCCC2)cc1. The van der Waals surface area contributed by atoms with Gasteiger partial charge in [-0.3, -0.25) is 0 Å². The molecule has 2 aliphatic heterocycles. The van der Waals surface area contributed by atoms with Crippen LogP contribution in [0.2, 0.25) is 0 Å². The highest BCUT2D eigenvalue weighted by Crippen LogP contribution is 2.61. The zero-order valence-corrected chi connectivity index (χ0v) is 32.5. The van der Waals surface area contributed by atoms with Gasteiger partial charge in [0.05, 0.1) is 5.69 Å². The van der Waals surface area contributed by atoms with Crippen LogP contribution in [-0.4, -0.2) is 6.71 Å². The number of hydrogen-bond acceptors (Lipinski definition) is 2. The van der Waals surface area contributed by atoms with Crippen molar-refractivity contribution in [1.82, 2.24) is 0 Å². The maximum Gasteiger partial charge on any atom is 0.252 e. The van der Waals surface area contributed by atoms with E-state index < -0.39 is 0 Å². The van der Waals surface area contributed by atoms with Crippen molar-refractivity contribution in [1.29, 1.82) is 0 Å². The summed E-state index contributed by atoms with van der Waals surface area (Å²) < 4.78 is 0. The average Bonchev–Trinajstić information content (AvgIpc) is 3.69. The fourth-order valence-corrected chi connectivity index (χ4v) is 13.0. The van der Waals surface area contributed by atoms with Gasteiger partial charge >= 0.3 is 0 Å². The Kier molecular flexibility index (Phi) is 6.73. The fourth-order valence-electron chi connectivity index (χ4n) is 13.0. The second kappa shape index (κ2) is 11.9. The maximum absolute atomic E-state index is 2.72. The van der Waals surface area contributed by atoms with Crippen LogP contribution >= 0.6 is 0 Å². The molecule has 13 rings (SSSR count). The Morgan fingerprint density at radius 3 is 1.70 bits per heavy atom. The Bertz CT molecular complexity index is 2790. The molecule has 6 aliphatic rings. The van der Waals surface area contributed by atoms with E-state index in [4.69, 9.17) is 0 Å². The number of hydrogen-bond donors (Lipinski definition) is 0. The summed E-state index contributed by atoms with van der Waals surface area (Å²) in [7, 11) is 0. The summed E-state index contributed by atoms with van der Waals surface area (Å²) in [6, 6.07) is 58.9. The molecule has 2 spiro atoms. The molecule has 2 saturated carbocycles. The molecule has 0 unspecified atom stereocenters. The third kappa shape index (κ3) is 4.17. The fraction of sp³-hybridized carbons (Fsp3) is 0.222. The van der Waals surface area contributed by atoms with Crippen LogP contribution in [0.15, 0.2) is 152 Å². The van der Waals surface area contributed by atoms with Gasteiger partial charge in [-0.25, -0.2) is 0 Å². The summed E-state index contributed by atoms with van der Waals surface area (Å²) in [4.78, 5) is 5.25. The van der Waals surface area contributed by atoms with E-state index in [0.29, 0.717) is 0 Å². The first kappa shape index (κ1) is 32.3. The second-order valence-electron chi connectivity index (χ2n) is 17.7. The highest BCUT2D eigenvalue weighted by molar-refractivity contribution is 7.00. The first-order valence-electron chi connectivity index (χ1n) is 21.7. The Morgan fingerprint density at radius 1 is 0.368 bits per heavy atom. The van der Waals surface area contributed by atoms with Crippen LogP contribution in [0.25, 0.3) is 22.3 Å². The molecule has 0 N–H and O–H groups in total. The maximum atomic E-state index is 2.72. The topological polar surface area (TPSA) is 6.48 Å². The van der Waals surface area contributed by atoms with Crippen molar-refractivity contribution in [3.63, 3.8) is 0 Å². The van der Waals surface area contributed by atoms with Crippen molar-refractivity contribution < 1.29 is 0 Å². The number of benzene rings is 7. The van der Waals surface area contributed by atoms with E-state index in [2.05, 4.69) is 161 Å². The van der Waals surface area contributed by atoms with Crippen LogP contribution in [0.5, 0.6) is 0 Å². The van der Waals surface area contributed by atoms with Crippen LogP contribution < -0.4 is 26.2 Å². The standard InChI is InChI=1S/C54H45BN2/c1-4-18-36(19-5-1)56-46-26-11-10-25-44(46)55-45-35-43-39(37-20-6-8-22-40(37)54(43)32-14-3-15-33-54)34-50(45)57(49-29-17-28-48(56)52(49)55)47-27-16-24-42-51(47)38-21-7-9-23-41(38)53(42)30-12-2-13-31-53/h1,4-11,16-29,34-35H,2-3,12-15,30-33H2. The van der Waals surface area contributed by atoms with Gasteiger partial charge in [0.1, 0.15) is 0 Å². The minimum Gasteiger partial charge on any atom is -0.311 e. The molecule has 2 fully saturated rings. The van der Waals surface area contributed by atoms with Crippen molar-refractivity contribution in [2.45, 2.75) is 75.0 Å². The summed E-state index contributed by atoms with van der Waals surface area (Å²) in [6.07, 6.45) is 12.8. The highest BCUT2D eigenvalue weighted by Gasteiger charge is 2.50.